The summed E-state index contributed by atoms with van der Waals surface area (Å²) in [5.41, 5.74) is 3.24. The number of benzene rings is 3. The van der Waals surface area contributed by atoms with E-state index in [1.807, 2.05) is 48.5 Å². The number of methoxy groups -OCH3 is 1. The molecule has 6 nitrogen and oxygen atoms in total. The third-order valence-electron chi connectivity index (χ3n) is 5.12. The minimum Gasteiger partial charge on any atom is -0.496 e. The molecule has 7 heteroatoms. The molecule has 3 aromatic carbocycles. The average Bonchev–Trinajstić information content (AvgIpc) is 3.07. The monoisotopic (exact) mass is 407 g/mol. The largest absolute Gasteiger partial charge is 0.496 e. The molecule has 1 amide bonds. The minimum absolute atomic E-state index is 0.0217. The highest BCUT2D eigenvalue weighted by atomic mass is 19.1. The van der Waals surface area contributed by atoms with Crippen molar-refractivity contribution in [3.8, 4) is 16.9 Å². The van der Waals surface area contributed by atoms with Crippen LogP contribution >= 0.6 is 0 Å². The number of rotatable bonds is 5. The molecule has 1 aliphatic carbocycles. The number of fused-ring (bicyclic) bond motifs is 3. The molecule has 3 aromatic rings. The number of halogens is 1. The van der Waals surface area contributed by atoms with Gasteiger partial charge in [0.25, 0.3) is 0 Å². The maximum absolute atomic E-state index is 14.2. The van der Waals surface area contributed by atoms with Crippen molar-refractivity contribution in [1.29, 1.82) is 0 Å². The molecule has 0 unspecified atom stereocenters. The fourth-order valence-electron chi connectivity index (χ4n) is 3.80. The Morgan fingerprint density at radius 2 is 1.60 bits per heavy atom. The van der Waals surface area contributed by atoms with Crippen LogP contribution in [0.3, 0.4) is 0 Å². The fourth-order valence-corrected chi connectivity index (χ4v) is 3.80. The van der Waals surface area contributed by atoms with E-state index < -0.39 is 29.1 Å². The van der Waals surface area contributed by atoms with E-state index >= 15 is 0 Å². The van der Waals surface area contributed by atoms with Gasteiger partial charge < -0.3 is 14.6 Å². The van der Waals surface area contributed by atoms with Gasteiger partial charge in [-0.15, -0.1) is 0 Å². The molecular formula is C23H18FNO5. The van der Waals surface area contributed by atoms with Crippen LogP contribution in [0.1, 0.15) is 27.4 Å². The highest BCUT2D eigenvalue weighted by molar-refractivity contribution is 6.01. The number of aromatic carboxylic acids is 1. The zero-order chi connectivity index (χ0) is 21.3. The van der Waals surface area contributed by atoms with Crippen LogP contribution in [0, 0.1) is 5.82 Å². The second-order valence-corrected chi connectivity index (χ2v) is 6.76. The molecule has 0 bridgehead atoms. The van der Waals surface area contributed by atoms with Crippen LogP contribution in [-0.4, -0.2) is 30.9 Å². The smallest absolute Gasteiger partial charge is 0.411 e. The summed E-state index contributed by atoms with van der Waals surface area (Å²) in [5.74, 6) is -2.57. The molecule has 0 atom stereocenters. The Bertz CT molecular complexity index is 1100. The van der Waals surface area contributed by atoms with E-state index in [-0.39, 0.29) is 18.3 Å². The molecule has 0 heterocycles. The first kappa shape index (κ1) is 19.4. The molecule has 0 radical (unpaired) electrons. The van der Waals surface area contributed by atoms with E-state index in [0.717, 1.165) is 28.3 Å². The minimum atomic E-state index is -1.43. The maximum atomic E-state index is 14.2. The number of nitrogens with one attached hydrogen (secondary N) is 1. The summed E-state index contributed by atoms with van der Waals surface area (Å²) < 4.78 is 24.6. The maximum Gasteiger partial charge on any atom is 0.411 e. The molecule has 0 saturated carbocycles. The molecule has 30 heavy (non-hydrogen) atoms. The number of ether oxygens (including phenoxy) is 2. The van der Waals surface area contributed by atoms with Gasteiger partial charge in [-0.3, -0.25) is 5.32 Å². The van der Waals surface area contributed by atoms with Crippen molar-refractivity contribution in [2.24, 2.45) is 0 Å². The number of carboxylic acid groups (broad SMARTS) is 1. The van der Waals surface area contributed by atoms with Gasteiger partial charge in [0.2, 0.25) is 0 Å². The van der Waals surface area contributed by atoms with Gasteiger partial charge in [-0.25, -0.2) is 14.0 Å². The third kappa shape index (κ3) is 3.34. The van der Waals surface area contributed by atoms with Crippen molar-refractivity contribution >= 4 is 17.7 Å². The SMILES string of the molecule is COc1ccc(F)c(NC(=O)OCC2c3ccccc3-c3ccccc32)c1C(=O)O. The van der Waals surface area contributed by atoms with Crippen LogP contribution in [0.2, 0.25) is 0 Å². The number of carboxylic acids is 1. The Kier molecular flexibility index (Phi) is 5.10. The molecule has 2 N–H and O–H groups in total. The van der Waals surface area contributed by atoms with Crippen molar-refractivity contribution in [3.05, 3.63) is 83.2 Å². The van der Waals surface area contributed by atoms with Gasteiger partial charge in [-0.1, -0.05) is 48.5 Å². The van der Waals surface area contributed by atoms with Crippen LogP contribution in [-0.2, 0) is 4.74 Å². The first-order valence-electron chi connectivity index (χ1n) is 9.23. The van der Waals surface area contributed by atoms with E-state index in [0.29, 0.717) is 0 Å². The summed E-state index contributed by atoms with van der Waals surface area (Å²) in [7, 11) is 1.26. The van der Waals surface area contributed by atoms with E-state index in [9.17, 15) is 19.1 Å². The Balaban J connectivity index is 1.55. The quantitative estimate of drug-likeness (QED) is 0.629. The highest BCUT2D eigenvalue weighted by Crippen LogP contribution is 2.44. The zero-order valence-corrected chi connectivity index (χ0v) is 16.0. The number of anilines is 1. The predicted molar refractivity (Wildman–Crippen MR) is 109 cm³/mol. The third-order valence-corrected chi connectivity index (χ3v) is 5.12. The van der Waals surface area contributed by atoms with Crippen molar-refractivity contribution in [3.63, 3.8) is 0 Å². The number of hydrogen-bond acceptors (Lipinski definition) is 4. The molecule has 0 fully saturated rings. The van der Waals surface area contributed by atoms with Crippen molar-refractivity contribution in [2.75, 3.05) is 19.0 Å². The van der Waals surface area contributed by atoms with E-state index in [2.05, 4.69) is 5.32 Å². The first-order valence-corrected chi connectivity index (χ1v) is 9.23. The van der Waals surface area contributed by atoms with E-state index in [1.54, 1.807) is 0 Å². The topological polar surface area (TPSA) is 84.9 Å². The summed E-state index contributed by atoms with van der Waals surface area (Å²) in [6.07, 6.45) is -0.952. The lowest BCUT2D eigenvalue weighted by Crippen LogP contribution is -2.20. The predicted octanol–water partition coefficient (Wildman–Crippen LogP) is 4.89. The second kappa shape index (κ2) is 7.87. The van der Waals surface area contributed by atoms with Gasteiger partial charge in [0.1, 0.15) is 23.7 Å². The number of hydrogen-bond donors (Lipinski definition) is 2. The van der Waals surface area contributed by atoms with E-state index in [4.69, 9.17) is 9.47 Å². The molecule has 0 spiro atoms. The van der Waals surface area contributed by atoms with E-state index in [1.165, 1.54) is 13.2 Å². The van der Waals surface area contributed by atoms with Crippen molar-refractivity contribution < 1.29 is 28.6 Å². The van der Waals surface area contributed by atoms with Crippen LogP contribution in [0.5, 0.6) is 5.75 Å². The molecule has 1 aliphatic rings. The van der Waals surface area contributed by atoms with Crippen LogP contribution < -0.4 is 10.1 Å². The molecule has 152 valence electrons. The lowest BCUT2D eigenvalue weighted by Gasteiger charge is -2.16. The number of carbonyl (C=O) groups is 2. The average molecular weight is 407 g/mol. The van der Waals surface area contributed by atoms with Crippen LogP contribution in [0.25, 0.3) is 11.1 Å². The van der Waals surface area contributed by atoms with Gasteiger partial charge in [0.15, 0.2) is 0 Å². The van der Waals surface area contributed by atoms with Gasteiger partial charge in [-0.2, -0.15) is 0 Å². The fraction of sp³-hybridized carbons (Fsp3) is 0.130. The first-order chi connectivity index (χ1) is 14.5. The molecule has 0 saturated heterocycles. The summed E-state index contributed by atoms with van der Waals surface area (Å²) in [6, 6.07) is 17.9. The molecular weight excluding hydrogens is 389 g/mol. The lowest BCUT2D eigenvalue weighted by molar-refractivity contribution is 0.0694. The molecule has 4 rings (SSSR count). The summed E-state index contributed by atoms with van der Waals surface area (Å²) in [5, 5.41) is 11.6. The lowest BCUT2D eigenvalue weighted by atomic mass is 9.98. The second-order valence-electron chi connectivity index (χ2n) is 6.76. The van der Waals surface area contributed by atoms with Gasteiger partial charge >= 0.3 is 12.1 Å². The number of carbonyl (C=O) groups excluding carboxylic acids is 1. The standard InChI is InChI=1S/C23H18FNO5/c1-29-19-11-10-18(24)21(20(19)22(26)27)25-23(28)30-12-17-15-8-4-2-6-13(15)14-7-3-5-9-16(14)17/h2-11,17H,12H2,1H3,(H,25,28)(H,26,27). The Labute approximate surface area is 171 Å². The van der Waals surface area contributed by atoms with Gasteiger partial charge in [0.05, 0.1) is 12.8 Å². The van der Waals surface area contributed by atoms with Gasteiger partial charge in [-0.05, 0) is 34.4 Å². The van der Waals surface area contributed by atoms with Gasteiger partial charge in [0, 0.05) is 5.92 Å². The summed E-state index contributed by atoms with van der Waals surface area (Å²) in [6.45, 7) is 0.0217. The Hall–Kier alpha value is -3.87. The van der Waals surface area contributed by atoms with Crippen molar-refractivity contribution in [2.45, 2.75) is 5.92 Å². The molecule has 0 aromatic heterocycles. The summed E-state index contributed by atoms with van der Waals surface area (Å²) >= 11 is 0. The summed E-state index contributed by atoms with van der Waals surface area (Å²) in [4.78, 5) is 23.9. The zero-order valence-electron chi connectivity index (χ0n) is 16.0. The Morgan fingerprint density at radius 1 is 1.00 bits per heavy atom. The van der Waals surface area contributed by atoms with Crippen LogP contribution in [0.4, 0.5) is 14.9 Å². The molecule has 0 aliphatic heterocycles. The highest BCUT2D eigenvalue weighted by Gasteiger charge is 2.29. The normalized spacial score (nSPS) is 12.1. The number of amides is 1. The van der Waals surface area contributed by atoms with Crippen LogP contribution in [0.15, 0.2) is 60.7 Å². The van der Waals surface area contributed by atoms with Crippen molar-refractivity contribution in [1.82, 2.24) is 0 Å². The Morgan fingerprint density at radius 3 is 2.17 bits per heavy atom.